The summed E-state index contributed by atoms with van der Waals surface area (Å²) < 4.78 is 7.13. The number of hydrogen-bond donors (Lipinski definition) is 1. The molecule has 0 saturated carbocycles. The molecule has 0 radical (unpaired) electrons. The number of aryl methyl sites for hydroxylation is 1. The van der Waals surface area contributed by atoms with Gasteiger partial charge >= 0.3 is 0 Å². The Morgan fingerprint density at radius 3 is 3.00 bits per heavy atom. The lowest BCUT2D eigenvalue weighted by Gasteiger charge is -2.38. The van der Waals surface area contributed by atoms with Crippen molar-refractivity contribution in [3.8, 4) is 0 Å². The molecule has 0 aliphatic carbocycles. The number of rotatable bonds is 5. The van der Waals surface area contributed by atoms with Gasteiger partial charge in [-0.2, -0.15) is 0 Å². The highest BCUT2D eigenvalue weighted by Crippen LogP contribution is 2.22. The molecule has 1 fully saturated rings. The summed E-state index contributed by atoms with van der Waals surface area (Å²) in [5, 5.41) is 0. The molecule has 2 N–H and O–H groups in total. The molecule has 6 heteroatoms. The minimum atomic E-state index is -0.0244. The van der Waals surface area contributed by atoms with Gasteiger partial charge in [0.1, 0.15) is 0 Å². The maximum atomic E-state index is 12.5. The monoisotopic (exact) mass is 280 g/mol. The van der Waals surface area contributed by atoms with Crippen LogP contribution in [0.4, 0.5) is 5.82 Å². The Kier molecular flexibility index (Phi) is 5.14. The summed E-state index contributed by atoms with van der Waals surface area (Å²) in [5.74, 6) is 0.519. The molecule has 0 bridgehead atoms. The number of piperidine rings is 1. The Bertz CT molecular complexity index is 488. The Morgan fingerprint density at radius 2 is 2.35 bits per heavy atom. The average Bonchev–Trinajstić information content (AvgIpc) is 2.49. The van der Waals surface area contributed by atoms with Crippen LogP contribution in [0.3, 0.4) is 0 Å². The summed E-state index contributed by atoms with van der Waals surface area (Å²) in [7, 11) is 1.73. The van der Waals surface area contributed by atoms with Crippen LogP contribution in [0.25, 0.3) is 0 Å². The van der Waals surface area contributed by atoms with Crippen molar-refractivity contribution in [1.82, 2.24) is 9.55 Å². The second kappa shape index (κ2) is 6.85. The SMILES string of the molecule is CCCn1ccnc(N2CCC(OC)CC2CN)c1=O. The van der Waals surface area contributed by atoms with E-state index in [-0.39, 0.29) is 17.7 Å². The van der Waals surface area contributed by atoms with Crippen molar-refractivity contribution >= 4 is 5.82 Å². The molecule has 112 valence electrons. The van der Waals surface area contributed by atoms with E-state index in [1.165, 1.54) is 0 Å². The van der Waals surface area contributed by atoms with Crippen LogP contribution < -0.4 is 16.2 Å². The van der Waals surface area contributed by atoms with Crippen LogP contribution in [0.1, 0.15) is 26.2 Å². The first-order chi connectivity index (χ1) is 9.71. The fourth-order valence-electron chi connectivity index (χ4n) is 2.78. The van der Waals surface area contributed by atoms with E-state index in [1.54, 1.807) is 24.1 Å². The third-order valence-electron chi connectivity index (χ3n) is 3.91. The number of anilines is 1. The van der Waals surface area contributed by atoms with Gasteiger partial charge in [0, 0.05) is 45.2 Å². The summed E-state index contributed by atoms with van der Waals surface area (Å²) in [6.45, 7) is 4.04. The summed E-state index contributed by atoms with van der Waals surface area (Å²) in [4.78, 5) is 18.8. The molecule has 0 spiro atoms. The van der Waals surface area contributed by atoms with Crippen LogP contribution in [0.5, 0.6) is 0 Å². The van der Waals surface area contributed by atoms with Crippen LogP contribution in [-0.2, 0) is 11.3 Å². The van der Waals surface area contributed by atoms with Crippen molar-refractivity contribution in [3.05, 3.63) is 22.7 Å². The second-order valence-corrected chi connectivity index (χ2v) is 5.21. The first kappa shape index (κ1) is 15.0. The predicted octanol–water partition coefficient (Wildman–Crippen LogP) is 0.596. The first-order valence-electron chi connectivity index (χ1n) is 7.26. The third-order valence-corrected chi connectivity index (χ3v) is 3.91. The fourth-order valence-corrected chi connectivity index (χ4v) is 2.78. The standard InChI is InChI=1S/C14H24N4O2/c1-3-6-17-8-5-16-13(14(17)19)18-7-4-12(20-2)9-11(18)10-15/h5,8,11-12H,3-4,6-7,9-10,15H2,1-2H3. The highest BCUT2D eigenvalue weighted by Gasteiger charge is 2.30. The predicted molar refractivity (Wildman–Crippen MR) is 79.0 cm³/mol. The van der Waals surface area contributed by atoms with Gasteiger partial charge in [0.15, 0.2) is 5.82 Å². The molecule has 2 heterocycles. The lowest BCUT2D eigenvalue weighted by atomic mass is 9.99. The Labute approximate surface area is 119 Å². The summed E-state index contributed by atoms with van der Waals surface area (Å²) in [6.07, 6.45) is 6.33. The molecular formula is C14H24N4O2. The molecule has 0 aromatic carbocycles. The molecule has 2 unspecified atom stereocenters. The maximum Gasteiger partial charge on any atom is 0.293 e. The van der Waals surface area contributed by atoms with Crippen molar-refractivity contribution in [2.24, 2.45) is 5.73 Å². The molecule has 1 aliphatic heterocycles. The van der Waals surface area contributed by atoms with E-state index in [0.717, 1.165) is 32.4 Å². The quantitative estimate of drug-likeness (QED) is 0.855. The number of nitrogens with two attached hydrogens (primary N) is 1. The number of ether oxygens (including phenoxy) is 1. The van der Waals surface area contributed by atoms with Crippen LogP contribution in [0.15, 0.2) is 17.2 Å². The smallest absolute Gasteiger partial charge is 0.293 e. The molecule has 2 rings (SSSR count). The minimum absolute atomic E-state index is 0.0244. The van der Waals surface area contributed by atoms with Crippen molar-refractivity contribution in [2.75, 3.05) is 25.1 Å². The van der Waals surface area contributed by atoms with E-state index in [9.17, 15) is 4.79 Å². The minimum Gasteiger partial charge on any atom is -0.381 e. The van der Waals surface area contributed by atoms with E-state index in [2.05, 4.69) is 11.9 Å². The van der Waals surface area contributed by atoms with Crippen LogP contribution in [0, 0.1) is 0 Å². The van der Waals surface area contributed by atoms with E-state index in [0.29, 0.717) is 12.4 Å². The third kappa shape index (κ3) is 3.02. The van der Waals surface area contributed by atoms with Crippen molar-refractivity contribution in [2.45, 2.75) is 44.9 Å². The molecular weight excluding hydrogens is 256 g/mol. The average molecular weight is 280 g/mol. The maximum absolute atomic E-state index is 12.5. The zero-order valence-electron chi connectivity index (χ0n) is 12.3. The van der Waals surface area contributed by atoms with Gasteiger partial charge in [-0.25, -0.2) is 4.98 Å². The number of methoxy groups -OCH3 is 1. The van der Waals surface area contributed by atoms with Crippen LogP contribution in [-0.4, -0.2) is 41.9 Å². The number of nitrogens with zero attached hydrogens (tertiary/aromatic N) is 3. The van der Waals surface area contributed by atoms with Crippen LogP contribution in [0.2, 0.25) is 0 Å². The van der Waals surface area contributed by atoms with E-state index in [4.69, 9.17) is 10.5 Å². The van der Waals surface area contributed by atoms with Gasteiger partial charge in [-0.05, 0) is 19.3 Å². The Hall–Kier alpha value is -1.40. The lowest BCUT2D eigenvalue weighted by Crippen LogP contribution is -2.51. The van der Waals surface area contributed by atoms with Crippen molar-refractivity contribution < 1.29 is 4.74 Å². The summed E-state index contributed by atoms with van der Waals surface area (Å²) in [5.41, 5.74) is 5.84. The van der Waals surface area contributed by atoms with E-state index < -0.39 is 0 Å². The molecule has 1 aliphatic rings. The highest BCUT2D eigenvalue weighted by molar-refractivity contribution is 5.38. The van der Waals surface area contributed by atoms with Gasteiger partial charge in [-0.15, -0.1) is 0 Å². The zero-order valence-corrected chi connectivity index (χ0v) is 12.3. The normalized spacial score (nSPS) is 23.1. The summed E-state index contributed by atoms with van der Waals surface area (Å²) in [6, 6.07) is 0.117. The van der Waals surface area contributed by atoms with Crippen molar-refractivity contribution in [1.29, 1.82) is 0 Å². The molecule has 2 atom stereocenters. The largest absolute Gasteiger partial charge is 0.381 e. The fraction of sp³-hybridized carbons (Fsp3) is 0.714. The summed E-state index contributed by atoms with van der Waals surface area (Å²) >= 11 is 0. The van der Waals surface area contributed by atoms with Gasteiger partial charge < -0.3 is 19.9 Å². The molecule has 1 saturated heterocycles. The van der Waals surface area contributed by atoms with Gasteiger partial charge in [-0.1, -0.05) is 6.92 Å². The molecule has 20 heavy (non-hydrogen) atoms. The molecule has 1 aromatic rings. The highest BCUT2D eigenvalue weighted by atomic mass is 16.5. The number of aromatic nitrogens is 2. The van der Waals surface area contributed by atoms with E-state index in [1.807, 2.05) is 4.90 Å². The Morgan fingerprint density at radius 1 is 1.55 bits per heavy atom. The molecule has 0 amide bonds. The topological polar surface area (TPSA) is 73.4 Å². The number of hydrogen-bond acceptors (Lipinski definition) is 5. The van der Waals surface area contributed by atoms with Gasteiger partial charge in [0.2, 0.25) is 0 Å². The second-order valence-electron chi connectivity index (χ2n) is 5.21. The van der Waals surface area contributed by atoms with Crippen molar-refractivity contribution in [3.63, 3.8) is 0 Å². The van der Waals surface area contributed by atoms with Gasteiger partial charge in [0.25, 0.3) is 5.56 Å². The lowest BCUT2D eigenvalue weighted by molar-refractivity contribution is 0.0707. The zero-order chi connectivity index (χ0) is 14.5. The van der Waals surface area contributed by atoms with Crippen LogP contribution >= 0.6 is 0 Å². The van der Waals surface area contributed by atoms with Gasteiger partial charge in [-0.3, -0.25) is 4.79 Å². The van der Waals surface area contributed by atoms with Gasteiger partial charge in [0.05, 0.1) is 6.10 Å². The molecule has 1 aromatic heterocycles. The first-order valence-corrected chi connectivity index (χ1v) is 7.26. The molecule has 6 nitrogen and oxygen atoms in total. The van der Waals surface area contributed by atoms with E-state index >= 15 is 0 Å². The Balaban J connectivity index is 2.26.